The molecule has 0 atom stereocenters. The van der Waals surface area contributed by atoms with Gasteiger partial charge in [0.15, 0.2) is 0 Å². The average Bonchev–Trinajstić information content (AvgIpc) is 2.36. The van der Waals surface area contributed by atoms with Gasteiger partial charge in [0.25, 0.3) is 9.05 Å². The van der Waals surface area contributed by atoms with E-state index in [-0.39, 0.29) is 18.8 Å². The molecule has 21 heavy (non-hydrogen) atoms. The van der Waals surface area contributed by atoms with Gasteiger partial charge < -0.3 is 9.47 Å². The third-order valence-electron chi connectivity index (χ3n) is 2.30. The van der Waals surface area contributed by atoms with Crippen molar-refractivity contribution >= 4 is 25.7 Å². The molecular formula is C13H16ClFO5S. The van der Waals surface area contributed by atoms with Gasteiger partial charge in [-0.1, -0.05) is 13.8 Å². The second-order valence-corrected chi connectivity index (χ2v) is 7.28. The molecule has 0 saturated carbocycles. The summed E-state index contributed by atoms with van der Waals surface area (Å²) in [5, 5.41) is 0. The van der Waals surface area contributed by atoms with Crippen LogP contribution in [0.2, 0.25) is 0 Å². The Bertz CT molecular complexity index is 601. The summed E-state index contributed by atoms with van der Waals surface area (Å²) in [6.45, 7) is 4.69. The lowest BCUT2D eigenvalue weighted by atomic mass is 10.2. The smallest absolute Gasteiger partial charge is 0.338 e. The molecule has 0 N–H and O–H groups in total. The zero-order valence-corrected chi connectivity index (χ0v) is 13.2. The summed E-state index contributed by atoms with van der Waals surface area (Å²) < 4.78 is 45.7. The molecule has 8 heteroatoms. The molecule has 0 aliphatic carbocycles. The number of rotatable bonds is 7. The van der Waals surface area contributed by atoms with E-state index in [1.54, 1.807) is 0 Å². The Morgan fingerprint density at radius 3 is 2.52 bits per heavy atom. The summed E-state index contributed by atoms with van der Waals surface area (Å²) in [5.74, 6) is -1.37. The van der Waals surface area contributed by atoms with Crippen LogP contribution in [0.5, 0.6) is 0 Å². The Labute approximate surface area is 127 Å². The average molecular weight is 339 g/mol. The number of ether oxygens (including phenoxy) is 2. The van der Waals surface area contributed by atoms with E-state index >= 15 is 0 Å². The lowest BCUT2D eigenvalue weighted by Gasteiger charge is -2.08. The number of carbonyl (C=O) groups is 1. The number of benzene rings is 1. The van der Waals surface area contributed by atoms with Gasteiger partial charge in [-0.15, -0.1) is 0 Å². The predicted molar refractivity (Wildman–Crippen MR) is 75.4 cm³/mol. The van der Waals surface area contributed by atoms with Crippen LogP contribution in [0.15, 0.2) is 23.1 Å². The molecule has 0 saturated heterocycles. The van der Waals surface area contributed by atoms with Crippen molar-refractivity contribution in [1.82, 2.24) is 0 Å². The Hall–Kier alpha value is -1.18. The van der Waals surface area contributed by atoms with Gasteiger partial charge in [-0.2, -0.15) is 0 Å². The highest BCUT2D eigenvalue weighted by Crippen LogP contribution is 2.19. The molecule has 0 heterocycles. The zero-order valence-electron chi connectivity index (χ0n) is 11.6. The van der Waals surface area contributed by atoms with Crippen molar-refractivity contribution in [1.29, 1.82) is 0 Å². The topological polar surface area (TPSA) is 69.7 Å². The molecule has 1 rings (SSSR count). The van der Waals surface area contributed by atoms with Crippen LogP contribution in [0, 0.1) is 11.7 Å². The fourth-order valence-corrected chi connectivity index (χ4v) is 2.21. The molecule has 118 valence electrons. The molecule has 5 nitrogen and oxygen atoms in total. The number of hydrogen-bond donors (Lipinski definition) is 0. The third kappa shape index (κ3) is 6.41. The van der Waals surface area contributed by atoms with Gasteiger partial charge in [0, 0.05) is 17.3 Å². The molecule has 0 amide bonds. The molecule has 0 fully saturated rings. The highest BCUT2D eigenvalue weighted by molar-refractivity contribution is 8.13. The van der Waals surface area contributed by atoms with E-state index in [1.165, 1.54) is 0 Å². The maximum Gasteiger partial charge on any atom is 0.338 e. The van der Waals surface area contributed by atoms with Gasteiger partial charge >= 0.3 is 5.97 Å². The standard InChI is InChI=1S/C13H16ClFO5S/c1-9(2)8-19-3-4-20-13(16)10-5-11(15)7-12(6-10)21(14,17)18/h5-7,9H,3-4,8H2,1-2H3. The van der Waals surface area contributed by atoms with Crippen LogP contribution in [0.3, 0.4) is 0 Å². The van der Waals surface area contributed by atoms with E-state index in [2.05, 4.69) is 0 Å². The van der Waals surface area contributed by atoms with Crippen LogP contribution < -0.4 is 0 Å². The maximum atomic E-state index is 13.3. The molecule has 0 bridgehead atoms. The summed E-state index contributed by atoms with van der Waals surface area (Å²) in [6.07, 6.45) is 0. The molecule has 0 aliphatic heterocycles. The second kappa shape index (κ2) is 7.72. The molecule has 1 aromatic carbocycles. The Balaban J connectivity index is 2.64. The van der Waals surface area contributed by atoms with E-state index in [9.17, 15) is 17.6 Å². The Morgan fingerprint density at radius 1 is 1.29 bits per heavy atom. The van der Waals surface area contributed by atoms with Gasteiger partial charge in [-0.25, -0.2) is 17.6 Å². The Kier molecular flexibility index (Phi) is 6.57. The molecule has 1 aromatic rings. The van der Waals surface area contributed by atoms with Crippen molar-refractivity contribution in [2.45, 2.75) is 18.7 Å². The monoisotopic (exact) mass is 338 g/mol. The van der Waals surface area contributed by atoms with Gasteiger partial charge in [0.05, 0.1) is 17.1 Å². The van der Waals surface area contributed by atoms with Crippen molar-refractivity contribution in [2.75, 3.05) is 19.8 Å². The minimum atomic E-state index is -4.12. The van der Waals surface area contributed by atoms with Crippen molar-refractivity contribution in [2.24, 2.45) is 5.92 Å². The summed E-state index contributed by atoms with van der Waals surface area (Å²) in [6, 6.07) is 2.57. The lowest BCUT2D eigenvalue weighted by molar-refractivity contribution is 0.0277. The quantitative estimate of drug-likeness (QED) is 0.434. The minimum Gasteiger partial charge on any atom is -0.460 e. The zero-order chi connectivity index (χ0) is 16.0. The SMILES string of the molecule is CC(C)COCCOC(=O)c1cc(F)cc(S(=O)(=O)Cl)c1. The third-order valence-corrected chi connectivity index (χ3v) is 3.63. The number of hydrogen-bond acceptors (Lipinski definition) is 5. The largest absolute Gasteiger partial charge is 0.460 e. The first-order chi connectivity index (χ1) is 9.70. The van der Waals surface area contributed by atoms with Gasteiger partial charge in [0.2, 0.25) is 0 Å². The van der Waals surface area contributed by atoms with Crippen LogP contribution in [0.1, 0.15) is 24.2 Å². The van der Waals surface area contributed by atoms with Crippen LogP contribution in [0.4, 0.5) is 4.39 Å². The van der Waals surface area contributed by atoms with Gasteiger partial charge in [0.1, 0.15) is 12.4 Å². The van der Waals surface area contributed by atoms with Crippen LogP contribution >= 0.6 is 10.7 Å². The number of carbonyl (C=O) groups excluding carboxylic acids is 1. The molecule has 0 radical (unpaired) electrons. The van der Waals surface area contributed by atoms with E-state index in [0.717, 1.165) is 18.2 Å². The fraction of sp³-hybridized carbons (Fsp3) is 0.462. The fourth-order valence-electron chi connectivity index (χ4n) is 1.42. The van der Waals surface area contributed by atoms with E-state index < -0.39 is 25.7 Å². The number of halogens is 2. The summed E-state index contributed by atoms with van der Waals surface area (Å²) in [4.78, 5) is 11.2. The van der Waals surface area contributed by atoms with Crippen LogP contribution in [0.25, 0.3) is 0 Å². The maximum absolute atomic E-state index is 13.3. The van der Waals surface area contributed by atoms with Crippen molar-refractivity contribution in [3.63, 3.8) is 0 Å². The number of esters is 1. The van der Waals surface area contributed by atoms with Crippen molar-refractivity contribution < 1.29 is 27.1 Å². The minimum absolute atomic E-state index is 0.00890. The molecule has 0 aromatic heterocycles. The van der Waals surface area contributed by atoms with E-state index in [4.69, 9.17) is 20.2 Å². The normalized spacial score (nSPS) is 11.7. The van der Waals surface area contributed by atoms with Crippen molar-refractivity contribution in [3.05, 3.63) is 29.6 Å². The first-order valence-electron chi connectivity index (χ1n) is 6.20. The first-order valence-corrected chi connectivity index (χ1v) is 8.51. The first kappa shape index (κ1) is 17.9. The van der Waals surface area contributed by atoms with Crippen molar-refractivity contribution in [3.8, 4) is 0 Å². The van der Waals surface area contributed by atoms with E-state index in [1.807, 2.05) is 13.8 Å². The van der Waals surface area contributed by atoms with E-state index in [0.29, 0.717) is 12.5 Å². The van der Waals surface area contributed by atoms with Crippen LogP contribution in [-0.2, 0) is 18.5 Å². The summed E-state index contributed by atoms with van der Waals surface area (Å²) >= 11 is 0. The van der Waals surface area contributed by atoms with Gasteiger partial charge in [-0.3, -0.25) is 0 Å². The highest BCUT2D eigenvalue weighted by atomic mass is 35.7. The molecule has 0 unspecified atom stereocenters. The predicted octanol–water partition coefficient (Wildman–Crippen LogP) is 2.58. The van der Waals surface area contributed by atoms with Gasteiger partial charge in [-0.05, 0) is 24.1 Å². The molecule has 0 aliphatic rings. The molecular weight excluding hydrogens is 323 g/mol. The summed E-state index contributed by atoms with van der Waals surface area (Å²) in [5.41, 5.74) is -0.224. The summed E-state index contributed by atoms with van der Waals surface area (Å²) in [7, 11) is 0.996. The second-order valence-electron chi connectivity index (χ2n) is 4.72. The lowest BCUT2D eigenvalue weighted by Crippen LogP contribution is -2.13. The molecule has 0 spiro atoms. The Morgan fingerprint density at radius 2 is 1.95 bits per heavy atom. The van der Waals surface area contributed by atoms with Crippen LogP contribution in [-0.4, -0.2) is 34.2 Å². The highest BCUT2D eigenvalue weighted by Gasteiger charge is 2.16.